The third kappa shape index (κ3) is 5.62. The largest absolute Gasteiger partial charge is 0.496 e. The predicted molar refractivity (Wildman–Crippen MR) is 145 cm³/mol. The summed E-state index contributed by atoms with van der Waals surface area (Å²) in [6, 6.07) is 18.3. The van der Waals surface area contributed by atoms with Crippen LogP contribution in [0, 0.1) is 12.8 Å². The highest BCUT2D eigenvalue weighted by Crippen LogP contribution is 2.42. The van der Waals surface area contributed by atoms with E-state index in [1.54, 1.807) is 7.11 Å². The average molecular weight is 501 g/mol. The number of aromatic nitrogens is 2. The molecule has 7 nitrogen and oxygen atoms in total. The Morgan fingerprint density at radius 3 is 2.62 bits per heavy atom. The van der Waals surface area contributed by atoms with Crippen LogP contribution in [0.4, 0.5) is 10.5 Å². The van der Waals surface area contributed by atoms with Crippen LogP contribution in [0.5, 0.6) is 5.75 Å². The monoisotopic (exact) mass is 500 g/mol. The fourth-order valence-corrected chi connectivity index (χ4v) is 5.70. The summed E-state index contributed by atoms with van der Waals surface area (Å²) in [4.78, 5) is 24.5. The summed E-state index contributed by atoms with van der Waals surface area (Å²) >= 11 is 0. The zero-order valence-electron chi connectivity index (χ0n) is 22.1. The van der Waals surface area contributed by atoms with Crippen molar-refractivity contribution < 1.29 is 14.3 Å². The Morgan fingerprint density at radius 1 is 1.14 bits per heavy atom. The van der Waals surface area contributed by atoms with E-state index in [1.807, 2.05) is 55.5 Å². The van der Waals surface area contributed by atoms with Crippen LogP contribution >= 0.6 is 0 Å². The van der Waals surface area contributed by atoms with Crippen molar-refractivity contribution in [2.45, 2.75) is 51.5 Å². The van der Waals surface area contributed by atoms with Gasteiger partial charge in [0.15, 0.2) is 0 Å². The third-order valence-corrected chi connectivity index (χ3v) is 7.73. The number of fused-ring (bicyclic) bond motifs is 3. The topological polar surface area (TPSA) is 76.6 Å². The molecule has 3 fully saturated rings. The number of hydrogen-bond acceptors (Lipinski definition) is 6. The first-order valence-electron chi connectivity index (χ1n) is 13.2. The summed E-state index contributed by atoms with van der Waals surface area (Å²) in [5, 5.41) is 2.86. The number of benzene rings is 2. The number of rotatable bonds is 7. The van der Waals surface area contributed by atoms with E-state index in [1.165, 1.54) is 5.56 Å². The van der Waals surface area contributed by atoms with Crippen molar-refractivity contribution in [2.75, 3.05) is 32.1 Å². The zero-order chi connectivity index (χ0) is 25.9. The standard InChI is InChI=1S/C30H36N4O3/c1-19(2)21-9-11-23(12-10-21)33-30(35)37-18-24-15-22-13-14-34(24)17-26(22)28-16-27(31-20(3)32-28)25-7-5-6-8-29(25)36-4/h5-12,16,19,22,24,26H,13-15,17-18H2,1-4H3,(H,33,35)/t22-,24+,26-/m0/s1. The molecule has 3 saturated heterocycles. The summed E-state index contributed by atoms with van der Waals surface area (Å²) in [5.41, 5.74) is 4.96. The van der Waals surface area contributed by atoms with E-state index >= 15 is 0 Å². The number of anilines is 1. The Morgan fingerprint density at radius 2 is 1.92 bits per heavy atom. The van der Waals surface area contributed by atoms with Gasteiger partial charge in [0.1, 0.15) is 18.2 Å². The number of piperidine rings is 3. The molecule has 2 aromatic carbocycles. The van der Waals surface area contributed by atoms with Crippen LogP contribution < -0.4 is 10.1 Å². The number of hydrogen-bond donors (Lipinski definition) is 1. The molecule has 1 aromatic heterocycles. The molecule has 37 heavy (non-hydrogen) atoms. The molecule has 4 heterocycles. The molecular weight excluding hydrogens is 464 g/mol. The van der Waals surface area contributed by atoms with Crippen molar-refractivity contribution in [2.24, 2.45) is 5.92 Å². The molecule has 1 unspecified atom stereocenters. The Kier molecular flexibility index (Phi) is 7.42. The molecule has 0 aliphatic carbocycles. The molecule has 194 valence electrons. The summed E-state index contributed by atoms with van der Waals surface area (Å²) in [5.74, 6) is 2.89. The first kappa shape index (κ1) is 25.2. The van der Waals surface area contributed by atoms with Crippen LogP contribution in [0.15, 0.2) is 54.6 Å². The van der Waals surface area contributed by atoms with Crippen molar-refractivity contribution in [3.05, 3.63) is 71.7 Å². The Labute approximate surface area is 219 Å². The van der Waals surface area contributed by atoms with Crippen LogP contribution in [0.1, 0.15) is 55.6 Å². The van der Waals surface area contributed by atoms with E-state index in [-0.39, 0.29) is 6.04 Å². The summed E-state index contributed by atoms with van der Waals surface area (Å²) in [6.45, 7) is 8.60. The molecule has 1 amide bonds. The molecule has 0 saturated carbocycles. The normalized spacial score (nSPS) is 22.6. The van der Waals surface area contributed by atoms with Gasteiger partial charge in [-0.05, 0) is 74.0 Å². The number of carbonyl (C=O) groups excluding carboxylic acids is 1. The molecule has 6 rings (SSSR count). The molecule has 3 aliphatic rings. The summed E-state index contributed by atoms with van der Waals surface area (Å²) < 4.78 is 11.2. The molecule has 0 spiro atoms. The van der Waals surface area contributed by atoms with Gasteiger partial charge in [0.2, 0.25) is 0 Å². The van der Waals surface area contributed by atoms with Gasteiger partial charge in [-0.3, -0.25) is 10.2 Å². The molecule has 2 bridgehead atoms. The maximum atomic E-state index is 12.4. The second-order valence-corrected chi connectivity index (χ2v) is 10.5. The lowest BCUT2D eigenvalue weighted by molar-refractivity contribution is -0.00151. The molecule has 0 radical (unpaired) electrons. The molecule has 3 aromatic rings. The number of amides is 1. The molecular formula is C30H36N4O3. The van der Waals surface area contributed by atoms with Gasteiger partial charge in [0.05, 0.1) is 12.8 Å². The highest BCUT2D eigenvalue weighted by Gasteiger charge is 2.42. The van der Waals surface area contributed by atoms with E-state index in [0.717, 1.165) is 60.1 Å². The molecule has 4 atom stereocenters. The average Bonchev–Trinajstić information content (AvgIpc) is 2.92. The number of nitrogens with one attached hydrogen (secondary N) is 1. The number of methoxy groups -OCH3 is 1. The quantitative estimate of drug-likeness (QED) is 0.428. The second-order valence-electron chi connectivity index (χ2n) is 10.5. The molecule has 7 heteroatoms. The summed E-state index contributed by atoms with van der Waals surface area (Å²) in [7, 11) is 1.69. The van der Waals surface area contributed by atoms with Gasteiger partial charge in [-0.15, -0.1) is 0 Å². The van der Waals surface area contributed by atoms with Crippen molar-refractivity contribution in [3.63, 3.8) is 0 Å². The van der Waals surface area contributed by atoms with Gasteiger partial charge in [0, 0.05) is 35.4 Å². The van der Waals surface area contributed by atoms with E-state index in [2.05, 4.69) is 30.1 Å². The van der Waals surface area contributed by atoms with Crippen LogP contribution in [-0.4, -0.2) is 53.8 Å². The lowest BCUT2D eigenvalue weighted by Gasteiger charge is -2.49. The number of aryl methyl sites for hydroxylation is 1. The van der Waals surface area contributed by atoms with Crippen LogP contribution in [0.3, 0.4) is 0 Å². The number of para-hydroxylation sites is 1. The number of nitrogens with zero attached hydrogens (tertiary/aromatic N) is 3. The predicted octanol–water partition coefficient (Wildman–Crippen LogP) is 6.01. The third-order valence-electron chi connectivity index (χ3n) is 7.73. The maximum absolute atomic E-state index is 12.4. The first-order chi connectivity index (χ1) is 17.9. The van der Waals surface area contributed by atoms with Crippen molar-refractivity contribution in [1.29, 1.82) is 0 Å². The van der Waals surface area contributed by atoms with Gasteiger partial charge in [-0.1, -0.05) is 38.1 Å². The second kappa shape index (κ2) is 10.9. The van der Waals surface area contributed by atoms with Crippen LogP contribution in [0.2, 0.25) is 0 Å². The van der Waals surface area contributed by atoms with Crippen LogP contribution in [0.25, 0.3) is 11.3 Å². The first-order valence-corrected chi connectivity index (χ1v) is 13.2. The lowest BCUT2D eigenvalue weighted by Crippen LogP contribution is -2.54. The van der Waals surface area contributed by atoms with E-state index in [9.17, 15) is 4.79 Å². The summed E-state index contributed by atoms with van der Waals surface area (Å²) in [6.07, 6.45) is 1.72. The van der Waals surface area contributed by atoms with Crippen LogP contribution in [-0.2, 0) is 4.74 Å². The Balaban J connectivity index is 1.22. The van der Waals surface area contributed by atoms with Gasteiger partial charge in [-0.2, -0.15) is 0 Å². The Hall–Kier alpha value is -3.45. The minimum atomic E-state index is -0.399. The minimum Gasteiger partial charge on any atom is -0.496 e. The zero-order valence-corrected chi connectivity index (χ0v) is 22.1. The minimum absolute atomic E-state index is 0.237. The van der Waals surface area contributed by atoms with Gasteiger partial charge in [-0.25, -0.2) is 14.8 Å². The van der Waals surface area contributed by atoms with Crippen molar-refractivity contribution >= 4 is 11.8 Å². The van der Waals surface area contributed by atoms with E-state index < -0.39 is 6.09 Å². The van der Waals surface area contributed by atoms with E-state index in [4.69, 9.17) is 19.4 Å². The number of carbonyl (C=O) groups is 1. The van der Waals surface area contributed by atoms with Crippen molar-refractivity contribution in [3.8, 4) is 17.0 Å². The van der Waals surface area contributed by atoms with Gasteiger partial charge < -0.3 is 9.47 Å². The molecule has 3 aliphatic heterocycles. The highest BCUT2D eigenvalue weighted by molar-refractivity contribution is 5.84. The maximum Gasteiger partial charge on any atom is 0.411 e. The fraction of sp³-hybridized carbons (Fsp3) is 0.433. The van der Waals surface area contributed by atoms with Gasteiger partial charge in [0.25, 0.3) is 0 Å². The van der Waals surface area contributed by atoms with Gasteiger partial charge >= 0.3 is 6.09 Å². The fourth-order valence-electron chi connectivity index (χ4n) is 5.70. The molecule has 1 N–H and O–H groups in total. The van der Waals surface area contributed by atoms with E-state index in [0.29, 0.717) is 24.4 Å². The lowest BCUT2D eigenvalue weighted by atomic mass is 9.74. The Bertz CT molecular complexity index is 1240. The van der Waals surface area contributed by atoms with Crippen molar-refractivity contribution in [1.82, 2.24) is 14.9 Å². The number of ether oxygens (including phenoxy) is 2. The smallest absolute Gasteiger partial charge is 0.411 e. The SMILES string of the molecule is COc1ccccc1-c1cc([C@H]2CN3CC[C@H]2C[C@@H]3COC(=O)Nc2ccc(C(C)C)cc2)nc(C)n1. The highest BCUT2D eigenvalue weighted by atomic mass is 16.5.